The molecule has 2 aromatic rings. The zero-order valence-corrected chi connectivity index (χ0v) is 16.9. The number of carbonyl (C=O) groups is 2. The van der Waals surface area contributed by atoms with Gasteiger partial charge in [0.1, 0.15) is 15.0 Å². The minimum atomic E-state index is -0.699. The van der Waals surface area contributed by atoms with Crippen molar-refractivity contribution < 1.29 is 14.3 Å². The van der Waals surface area contributed by atoms with E-state index in [4.69, 9.17) is 5.73 Å². The number of aromatic nitrogens is 1. The summed E-state index contributed by atoms with van der Waals surface area (Å²) in [6.45, 7) is 0. The van der Waals surface area contributed by atoms with Crippen LogP contribution in [0.25, 0.3) is 17.5 Å². The highest BCUT2D eigenvalue weighted by atomic mass is 32.1. The Morgan fingerprint density at radius 1 is 1.43 bits per heavy atom. The van der Waals surface area contributed by atoms with Crippen molar-refractivity contribution in [2.75, 3.05) is 21.2 Å². The summed E-state index contributed by atoms with van der Waals surface area (Å²) in [5, 5.41) is 11.6. The number of fused-ring (bicyclic) bond motifs is 1. The molecule has 0 aromatic carbocycles. The van der Waals surface area contributed by atoms with Gasteiger partial charge in [-0.1, -0.05) is 6.07 Å². The zero-order valence-electron chi connectivity index (χ0n) is 15.3. The van der Waals surface area contributed by atoms with Crippen molar-refractivity contribution in [2.45, 2.75) is 5.92 Å². The standard InChI is InChI=1S/C18H16N4O4S2/c1-21(2)17(25)14-13(10-5-4-6-27-10)9(8-19)15(20)22-16(24)11(28-18(14)22)7-12(23)26-3/h4-7,13H,20H2,1-3H3/b11-7-. The third-order valence-electron chi connectivity index (χ3n) is 4.18. The van der Waals surface area contributed by atoms with Gasteiger partial charge < -0.3 is 15.4 Å². The summed E-state index contributed by atoms with van der Waals surface area (Å²) < 4.78 is 6.08. The van der Waals surface area contributed by atoms with E-state index in [1.54, 1.807) is 14.1 Å². The summed E-state index contributed by atoms with van der Waals surface area (Å²) in [6.07, 6.45) is 1.05. The largest absolute Gasteiger partial charge is 0.466 e. The average Bonchev–Trinajstić information content (AvgIpc) is 3.29. The number of carbonyl (C=O) groups excluding carboxylic acids is 2. The molecule has 1 aliphatic heterocycles. The Hall–Kier alpha value is -3.16. The summed E-state index contributed by atoms with van der Waals surface area (Å²) in [4.78, 5) is 39.7. The Morgan fingerprint density at radius 3 is 2.68 bits per heavy atom. The second kappa shape index (κ2) is 7.46. The number of nitrogens with two attached hydrogens (primary N) is 1. The first-order valence-electron chi connectivity index (χ1n) is 8.02. The van der Waals surface area contributed by atoms with Gasteiger partial charge in [-0.3, -0.25) is 14.2 Å². The number of nitrogens with zero attached hydrogens (tertiary/aromatic N) is 3. The fourth-order valence-corrected chi connectivity index (χ4v) is 4.87. The quantitative estimate of drug-likeness (QED) is 0.681. The van der Waals surface area contributed by atoms with Gasteiger partial charge in [-0.25, -0.2) is 4.79 Å². The van der Waals surface area contributed by atoms with E-state index in [9.17, 15) is 19.6 Å². The Balaban J connectivity index is 2.50. The molecule has 3 heterocycles. The Bertz CT molecular complexity index is 1210. The molecule has 1 amide bonds. The highest BCUT2D eigenvalue weighted by Gasteiger charge is 2.36. The first-order valence-corrected chi connectivity index (χ1v) is 9.72. The van der Waals surface area contributed by atoms with Crippen molar-refractivity contribution in [3.05, 3.63) is 47.5 Å². The highest BCUT2D eigenvalue weighted by molar-refractivity contribution is 7.10. The summed E-state index contributed by atoms with van der Waals surface area (Å²) >= 11 is 2.35. The molecule has 0 radical (unpaired) electrons. The summed E-state index contributed by atoms with van der Waals surface area (Å²) in [5.74, 6) is -1.78. The van der Waals surface area contributed by atoms with Crippen LogP contribution in [-0.2, 0) is 14.3 Å². The number of hydrogen-bond donors (Lipinski definition) is 1. The monoisotopic (exact) mass is 416 g/mol. The van der Waals surface area contributed by atoms with Crippen LogP contribution in [0.3, 0.4) is 0 Å². The molecule has 1 atom stereocenters. The van der Waals surface area contributed by atoms with Crippen LogP contribution in [0.4, 0.5) is 0 Å². The van der Waals surface area contributed by atoms with Crippen LogP contribution < -0.4 is 20.5 Å². The maximum atomic E-state index is 13.0. The lowest BCUT2D eigenvalue weighted by Gasteiger charge is -2.25. The normalized spacial score (nSPS) is 16.6. The van der Waals surface area contributed by atoms with E-state index in [-0.39, 0.29) is 27.4 Å². The van der Waals surface area contributed by atoms with Crippen LogP contribution in [0.1, 0.15) is 10.8 Å². The van der Waals surface area contributed by atoms with Gasteiger partial charge in [-0.2, -0.15) is 5.26 Å². The van der Waals surface area contributed by atoms with Gasteiger partial charge in [0, 0.05) is 25.0 Å². The molecular formula is C18H16N4O4S2. The molecule has 0 aliphatic carbocycles. The smallest absolute Gasteiger partial charge is 0.332 e. The second-order valence-electron chi connectivity index (χ2n) is 6.05. The fraction of sp³-hybridized carbons (Fsp3) is 0.222. The molecule has 2 N–H and O–H groups in total. The van der Waals surface area contributed by atoms with Gasteiger partial charge in [0.2, 0.25) is 0 Å². The molecule has 144 valence electrons. The topological polar surface area (TPSA) is 118 Å². The minimum absolute atomic E-state index is 0.0445. The number of thiazole rings is 1. The number of methoxy groups -OCH3 is 1. The van der Waals surface area contributed by atoms with E-state index in [1.165, 1.54) is 23.3 Å². The van der Waals surface area contributed by atoms with Crippen LogP contribution in [0, 0.1) is 11.3 Å². The summed E-state index contributed by atoms with van der Waals surface area (Å²) in [5.41, 5.74) is 5.98. The van der Waals surface area contributed by atoms with Gasteiger partial charge in [-0.05, 0) is 11.4 Å². The maximum Gasteiger partial charge on any atom is 0.332 e. The second-order valence-corrected chi connectivity index (χ2v) is 8.06. The molecule has 10 heteroatoms. The maximum absolute atomic E-state index is 13.0. The molecule has 0 saturated carbocycles. The Kier molecular flexibility index (Phi) is 5.22. The number of amides is 1. The number of thiophene rings is 1. The number of rotatable bonds is 3. The molecule has 28 heavy (non-hydrogen) atoms. The fourth-order valence-electron chi connectivity index (χ4n) is 2.90. The number of ether oxygens (including phenoxy) is 1. The molecule has 2 aromatic heterocycles. The molecule has 0 fully saturated rings. The zero-order chi connectivity index (χ0) is 20.6. The lowest BCUT2D eigenvalue weighted by atomic mass is 9.88. The molecule has 0 bridgehead atoms. The third kappa shape index (κ3) is 3.04. The lowest BCUT2D eigenvalue weighted by Crippen LogP contribution is -2.41. The molecule has 8 nitrogen and oxygen atoms in total. The van der Waals surface area contributed by atoms with E-state index in [2.05, 4.69) is 10.8 Å². The third-order valence-corrected chi connectivity index (χ3v) is 6.23. The predicted molar refractivity (Wildman–Crippen MR) is 106 cm³/mol. The molecule has 3 rings (SSSR count). The van der Waals surface area contributed by atoms with Crippen molar-refractivity contribution in [2.24, 2.45) is 5.73 Å². The number of hydrogen-bond acceptors (Lipinski definition) is 8. The van der Waals surface area contributed by atoms with Gasteiger partial charge >= 0.3 is 5.97 Å². The molecular weight excluding hydrogens is 400 g/mol. The van der Waals surface area contributed by atoms with E-state index in [0.29, 0.717) is 4.66 Å². The van der Waals surface area contributed by atoms with E-state index < -0.39 is 17.4 Å². The molecule has 1 aliphatic rings. The van der Waals surface area contributed by atoms with Gasteiger partial charge in [0.15, 0.2) is 0 Å². The lowest BCUT2D eigenvalue weighted by molar-refractivity contribution is -0.133. The Labute approximate surface area is 167 Å². The van der Waals surface area contributed by atoms with Crippen molar-refractivity contribution in [1.29, 1.82) is 5.26 Å². The first-order chi connectivity index (χ1) is 13.3. The Morgan fingerprint density at radius 2 is 2.14 bits per heavy atom. The predicted octanol–water partition coefficient (Wildman–Crippen LogP) is -0.388. The van der Waals surface area contributed by atoms with Crippen molar-refractivity contribution in [3.8, 4) is 6.07 Å². The number of esters is 1. The first kappa shape index (κ1) is 19.6. The molecule has 1 unspecified atom stereocenters. The van der Waals surface area contributed by atoms with E-state index >= 15 is 0 Å². The number of allylic oxidation sites excluding steroid dienone is 1. The average molecular weight is 416 g/mol. The van der Waals surface area contributed by atoms with E-state index in [0.717, 1.165) is 26.9 Å². The van der Waals surface area contributed by atoms with Crippen LogP contribution >= 0.6 is 22.7 Å². The van der Waals surface area contributed by atoms with Crippen molar-refractivity contribution >= 4 is 52.0 Å². The highest BCUT2D eigenvalue weighted by Crippen LogP contribution is 2.38. The molecule has 0 saturated heterocycles. The SMILES string of the molecule is COC(=O)/C=c1\sc2n(c1=O)C(N)=C(C#N)C(c1cccs1)C=2C(=O)N(C)C. The van der Waals surface area contributed by atoms with E-state index in [1.807, 2.05) is 17.5 Å². The van der Waals surface area contributed by atoms with Crippen LogP contribution in [-0.4, -0.2) is 42.5 Å². The van der Waals surface area contributed by atoms with Gasteiger partial charge in [0.25, 0.3) is 11.5 Å². The summed E-state index contributed by atoms with van der Waals surface area (Å²) in [7, 11) is 4.38. The summed E-state index contributed by atoms with van der Waals surface area (Å²) in [6, 6.07) is 5.68. The van der Waals surface area contributed by atoms with Gasteiger partial charge in [0.05, 0.1) is 30.2 Å². The van der Waals surface area contributed by atoms with Crippen LogP contribution in [0.15, 0.2) is 27.9 Å². The van der Waals surface area contributed by atoms with Crippen LogP contribution in [0.2, 0.25) is 0 Å². The minimum Gasteiger partial charge on any atom is -0.466 e. The molecule has 0 spiro atoms. The van der Waals surface area contributed by atoms with Gasteiger partial charge in [-0.15, -0.1) is 22.7 Å². The van der Waals surface area contributed by atoms with Crippen molar-refractivity contribution in [3.63, 3.8) is 0 Å². The number of nitriles is 1. The van der Waals surface area contributed by atoms with Crippen LogP contribution in [0.5, 0.6) is 0 Å². The van der Waals surface area contributed by atoms with Crippen molar-refractivity contribution in [1.82, 2.24) is 9.47 Å².